The molecule has 0 bridgehead atoms. The molecule has 0 spiro atoms. The van der Waals surface area contributed by atoms with Crippen LogP contribution in [-0.4, -0.2) is 38.5 Å². The summed E-state index contributed by atoms with van der Waals surface area (Å²) in [7, 11) is 3.08. The second-order valence-corrected chi connectivity index (χ2v) is 4.23. The molecule has 2 rings (SSSR count). The average molecular weight is 252 g/mol. The summed E-state index contributed by atoms with van der Waals surface area (Å²) in [6.07, 6.45) is 0. The van der Waals surface area contributed by atoms with Gasteiger partial charge in [-0.25, -0.2) is 0 Å². The molecular weight excluding hydrogens is 236 g/mol. The Morgan fingerprint density at radius 2 is 2.00 bits per heavy atom. The van der Waals surface area contributed by atoms with Crippen molar-refractivity contribution in [2.75, 3.05) is 27.4 Å². The molecule has 1 aromatic rings. The fraction of sp³-hybridized carbons (Fsp3) is 0.462. The van der Waals surface area contributed by atoms with E-state index in [1.165, 1.54) is 7.11 Å². The first-order valence-corrected chi connectivity index (χ1v) is 5.70. The number of ether oxygens (including phenoxy) is 3. The number of hydrogen-bond acceptors (Lipinski definition) is 4. The van der Waals surface area contributed by atoms with Crippen LogP contribution in [0.3, 0.4) is 0 Å². The smallest absolute Gasteiger partial charge is 0.311 e. The third-order valence-corrected chi connectivity index (χ3v) is 3.17. The van der Waals surface area contributed by atoms with Gasteiger partial charge < -0.3 is 19.3 Å². The van der Waals surface area contributed by atoms with Crippen LogP contribution in [0.15, 0.2) is 18.2 Å². The number of carboxylic acid groups (broad SMARTS) is 1. The predicted molar refractivity (Wildman–Crippen MR) is 64.2 cm³/mol. The van der Waals surface area contributed by atoms with E-state index in [1.54, 1.807) is 25.3 Å². The predicted octanol–water partition coefficient (Wildman–Crippen LogP) is 1.52. The van der Waals surface area contributed by atoms with Gasteiger partial charge in [0.25, 0.3) is 0 Å². The van der Waals surface area contributed by atoms with Crippen molar-refractivity contribution in [3.05, 3.63) is 23.8 Å². The van der Waals surface area contributed by atoms with Crippen LogP contribution in [0.1, 0.15) is 11.5 Å². The number of aliphatic carboxylic acids is 1. The number of benzene rings is 1. The molecule has 1 atom stereocenters. The van der Waals surface area contributed by atoms with E-state index in [9.17, 15) is 9.90 Å². The van der Waals surface area contributed by atoms with Gasteiger partial charge >= 0.3 is 5.97 Å². The van der Waals surface area contributed by atoms with Crippen molar-refractivity contribution >= 4 is 5.97 Å². The Kier molecular flexibility index (Phi) is 3.72. The lowest BCUT2D eigenvalue weighted by molar-refractivity contribution is -0.146. The molecule has 1 N–H and O–H groups in total. The summed E-state index contributed by atoms with van der Waals surface area (Å²) in [6, 6.07) is 5.21. The molecule has 5 heteroatoms. The summed E-state index contributed by atoms with van der Waals surface area (Å²) < 4.78 is 15.4. The third kappa shape index (κ3) is 2.26. The minimum absolute atomic E-state index is 0.0283. The zero-order valence-corrected chi connectivity index (χ0v) is 10.4. The van der Waals surface area contributed by atoms with Crippen molar-refractivity contribution in [2.24, 2.45) is 5.92 Å². The Hall–Kier alpha value is -1.75. The second kappa shape index (κ2) is 5.27. The van der Waals surface area contributed by atoms with Crippen molar-refractivity contribution < 1.29 is 24.1 Å². The Labute approximate surface area is 105 Å². The van der Waals surface area contributed by atoms with Gasteiger partial charge in [0.1, 0.15) is 0 Å². The van der Waals surface area contributed by atoms with E-state index in [4.69, 9.17) is 14.2 Å². The largest absolute Gasteiger partial charge is 0.493 e. The summed E-state index contributed by atoms with van der Waals surface area (Å²) in [5.41, 5.74) is 0.716. The third-order valence-electron chi connectivity index (χ3n) is 3.17. The van der Waals surface area contributed by atoms with Crippen molar-refractivity contribution in [2.45, 2.75) is 5.92 Å². The van der Waals surface area contributed by atoms with Crippen LogP contribution >= 0.6 is 0 Å². The number of hydrogen-bond donors (Lipinski definition) is 1. The molecule has 0 radical (unpaired) electrons. The summed E-state index contributed by atoms with van der Waals surface area (Å²) in [5, 5.41) is 9.32. The summed E-state index contributed by atoms with van der Waals surface area (Å²) >= 11 is 0. The van der Waals surface area contributed by atoms with Crippen molar-refractivity contribution in [3.63, 3.8) is 0 Å². The maximum atomic E-state index is 11.4. The van der Waals surface area contributed by atoms with Crippen LogP contribution < -0.4 is 9.47 Å². The molecule has 1 saturated heterocycles. The molecule has 1 unspecified atom stereocenters. The average Bonchev–Trinajstić information content (AvgIpc) is 2.32. The molecule has 98 valence electrons. The molecule has 5 nitrogen and oxygen atoms in total. The van der Waals surface area contributed by atoms with Gasteiger partial charge in [-0.15, -0.1) is 0 Å². The zero-order chi connectivity index (χ0) is 13.1. The Balaban J connectivity index is 2.32. The monoisotopic (exact) mass is 252 g/mol. The minimum Gasteiger partial charge on any atom is -0.493 e. The number of methoxy groups -OCH3 is 2. The quantitative estimate of drug-likeness (QED) is 0.860. The molecule has 1 fully saturated rings. The molecule has 1 heterocycles. The fourth-order valence-electron chi connectivity index (χ4n) is 2.11. The molecule has 18 heavy (non-hydrogen) atoms. The molecule has 1 aliphatic heterocycles. The zero-order valence-electron chi connectivity index (χ0n) is 10.4. The van der Waals surface area contributed by atoms with Gasteiger partial charge in [-0.1, -0.05) is 6.07 Å². The van der Waals surface area contributed by atoms with E-state index in [0.717, 1.165) is 0 Å². The summed E-state index contributed by atoms with van der Waals surface area (Å²) in [5.74, 6) is -0.230. The topological polar surface area (TPSA) is 65.0 Å². The Morgan fingerprint density at radius 1 is 1.33 bits per heavy atom. The number of rotatable bonds is 5. The lowest BCUT2D eigenvalue weighted by atomic mass is 9.84. The minimum atomic E-state index is -0.837. The van der Waals surface area contributed by atoms with Crippen molar-refractivity contribution in [1.82, 2.24) is 0 Å². The van der Waals surface area contributed by atoms with E-state index < -0.39 is 11.9 Å². The molecule has 1 aliphatic rings. The van der Waals surface area contributed by atoms with E-state index in [-0.39, 0.29) is 5.92 Å². The fourth-order valence-corrected chi connectivity index (χ4v) is 2.11. The van der Waals surface area contributed by atoms with Gasteiger partial charge in [0, 0.05) is 5.92 Å². The SMILES string of the molecule is COc1ccc(C(C(=O)O)C2COC2)cc1OC. The second-order valence-electron chi connectivity index (χ2n) is 4.23. The van der Waals surface area contributed by atoms with Crippen LogP contribution in [0.2, 0.25) is 0 Å². The Morgan fingerprint density at radius 3 is 2.44 bits per heavy atom. The van der Waals surface area contributed by atoms with E-state index in [0.29, 0.717) is 30.3 Å². The molecule has 0 aromatic heterocycles. The van der Waals surface area contributed by atoms with Crippen LogP contribution in [0, 0.1) is 5.92 Å². The van der Waals surface area contributed by atoms with Gasteiger partial charge in [0.15, 0.2) is 11.5 Å². The highest BCUT2D eigenvalue weighted by molar-refractivity contribution is 5.77. The molecular formula is C13H16O5. The maximum absolute atomic E-state index is 11.4. The lowest BCUT2D eigenvalue weighted by Crippen LogP contribution is -2.36. The summed E-state index contributed by atoms with van der Waals surface area (Å²) in [6.45, 7) is 0.983. The lowest BCUT2D eigenvalue weighted by Gasteiger charge is -2.31. The van der Waals surface area contributed by atoms with Gasteiger partial charge in [-0.05, 0) is 17.7 Å². The van der Waals surface area contributed by atoms with E-state index in [1.807, 2.05) is 0 Å². The standard InChI is InChI=1S/C13H16O5/c1-16-10-4-3-8(5-11(10)17-2)12(13(14)15)9-6-18-7-9/h3-5,9,12H,6-7H2,1-2H3,(H,14,15). The van der Waals surface area contributed by atoms with Gasteiger partial charge in [0.2, 0.25) is 0 Å². The highest BCUT2D eigenvalue weighted by Gasteiger charge is 2.35. The normalized spacial score (nSPS) is 16.8. The van der Waals surface area contributed by atoms with Crippen LogP contribution in [0.25, 0.3) is 0 Å². The number of carboxylic acids is 1. The first kappa shape index (κ1) is 12.7. The van der Waals surface area contributed by atoms with Gasteiger partial charge in [0.05, 0.1) is 33.4 Å². The van der Waals surface area contributed by atoms with Gasteiger partial charge in [-0.2, -0.15) is 0 Å². The van der Waals surface area contributed by atoms with Crippen LogP contribution in [-0.2, 0) is 9.53 Å². The van der Waals surface area contributed by atoms with E-state index >= 15 is 0 Å². The van der Waals surface area contributed by atoms with Gasteiger partial charge in [-0.3, -0.25) is 4.79 Å². The molecule has 1 aromatic carbocycles. The van der Waals surface area contributed by atoms with E-state index in [2.05, 4.69) is 0 Å². The maximum Gasteiger partial charge on any atom is 0.311 e. The van der Waals surface area contributed by atoms with Crippen LogP contribution in [0.4, 0.5) is 0 Å². The highest BCUT2D eigenvalue weighted by Crippen LogP contribution is 2.35. The number of carbonyl (C=O) groups is 1. The first-order chi connectivity index (χ1) is 8.67. The highest BCUT2D eigenvalue weighted by atomic mass is 16.5. The van der Waals surface area contributed by atoms with Crippen LogP contribution in [0.5, 0.6) is 11.5 Å². The molecule has 0 aliphatic carbocycles. The van der Waals surface area contributed by atoms with Crippen molar-refractivity contribution in [1.29, 1.82) is 0 Å². The molecule has 0 amide bonds. The van der Waals surface area contributed by atoms with Crippen molar-refractivity contribution in [3.8, 4) is 11.5 Å². The first-order valence-electron chi connectivity index (χ1n) is 5.70. The Bertz CT molecular complexity index is 439. The molecule has 0 saturated carbocycles. The summed E-state index contributed by atoms with van der Waals surface area (Å²) in [4.78, 5) is 11.4.